The van der Waals surface area contributed by atoms with E-state index in [0.717, 1.165) is 16.7 Å². The van der Waals surface area contributed by atoms with E-state index in [1.807, 2.05) is 30.4 Å². The first-order valence-corrected chi connectivity index (χ1v) is 6.34. The van der Waals surface area contributed by atoms with E-state index < -0.39 is 0 Å². The van der Waals surface area contributed by atoms with Gasteiger partial charge in [0.25, 0.3) is 0 Å². The van der Waals surface area contributed by atoms with Crippen LogP contribution in [0.25, 0.3) is 0 Å². The molecule has 94 valence electrons. The summed E-state index contributed by atoms with van der Waals surface area (Å²) in [4.78, 5) is 0. The highest BCUT2D eigenvalue weighted by atomic mass is 16.8. The van der Waals surface area contributed by atoms with E-state index in [1.165, 1.54) is 0 Å². The molecule has 2 heterocycles. The summed E-state index contributed by atoms with van der Waals surface area (Å²) >= 11 is 0. The standard InChI is InChI=1S/C16H12O3/c1-3-7-13-11(5-1)9-17-15(13)19-16-14-8-4-2-6-12(14)10-18-16/h3-5,7-8,11,15-16H,9-10H2. The third-order valence-electron chi connectivity index (χ3n) is 3.59. The molecule has 2 saturated heterocycles. The summed E-state index contributed by atoms with van der Waals surface area (Å²) in [7, 11) is 0. The van der Waals surface area contributed by atoms with Crippen molar-refractivity contribution in [2.24, 2.45) is 5.92 Å². The molecule has 3 heteroatoms. The molecule has 3 unspecified atom stereocenters. The van der Waals surface area contributed by atoms with E-state index in [0.29, 0.717) is 13.2 Å². The third kappa shape index (κ3) is 1.83. The van der Waals surface area contributed by atoms with Gasteiger partial charge in [-0.1, -0.05) is 11.5 Å². The Morgan fingerprint density at radius 2 is 2.16 bits per heavy atom. The molecule has 4 rings (SSSR count). The van der Waals surface area contributed by atoms with E-state index in [1.54, 1.807) is 0 Å². The van der Waals surface area contributed by atoms with Crippen LogP contribution in [0, 0.1) is 5.92 Å². The zero-order valence-electron chi connectivity index (χ0n) is 10.3. The van der Waals surface area contributed by atoms with Gasteiger partial charge in [-0.15, -0.1) is 5.73 Å². The average Bonchev–Trinajstić information content (AvgIpc) is 3.05. The second kappa shape index (κ2) is 4.38. The Hall–Kier alpha value is -1.82. The Labute approximate surface area is 111 Å². The molecule has 3 atom stereocenters. The fraction of sp³-hybridized carbons (Fsp3) is 0.312. The van der Waals surface area contributed by atoms with Gasteiger partial charge in [0.05, 0.1) is 13.2 Å². The number of hydrogen-bond donors (Lipinski definition) is 0. The quantitative estimate of drug-likeness (QED) is 0.705. The van der Waals surface area contributed by atoms with Gasteiger partial charge >= 0.3 is 0 Å². The molecule has 0 aromatic heterocycles. The van der Waals surface area contributed by atoms with E-state index in [-0.39, 0.29) is 18.5 Å². The summed E-state index contributed by atoms with van der Waals surface area (Å²) in [5, 5.41) is 0. The van der Waals surface area contributed by atoms with Gasteiger partial charge in [-0.25, -0.2) is 0 Å². The summed E-state index contributed by atoms with van der Waals surface area (Å²) < 4.78 is 17.3. The van der Waals surface area contributed by atoms with E-state index in [9.17, 15) is 0 Å². The van der Waals surface area contributed by atoms with E-state index in [2.05, 4.69) is 17.2 Å². The van der Waals surface area contributed by atoms with E-state index in [4.69, 9.17) is 14.2 Å². The number of fused-ring (bicyclic) bond motifs is 2. The smallest absolute Gasteiger partial charge is 0.188 e. The molecule has 2 fully saturated rings. The first-order chi connectivity index (χ1) is 9.42. The maximum atomic E-state index is 5.95. The average molecular weight is 252 g/mol. The first-order valence-electron chi connectivity index (χ1n) is 6.34. The second-order valence-corrected chi connectivity index (χ2v) is 4.75. The predicted molar refractivity (Wildman–Crippen MR) is 68.0 cm³/mol. The Kier molecular flexibility index (Phi) is 2.55. The fourth-order valence-electron chi connectivity index (χ4n) is 2.59. The normalized spacial score (nSPS) is 33.9. The van der Waals surface area contributed by atoms with Gasteiger partial charge in [0, 0.05) is 17.1 Å². The minimum Gasteiger partial charge on any atom is -0.348 e. The van der Waals surface area contributed by atoms with Crippen LogP contribution in [0.5, 0.6) is 0 Å². The van der Waals surface area contributed by atoms with Crippen molar-refractivity contribution >= 4 is 0 Å². The lowest BCUT2D eigenvalue weighted by Gasteiger charge is -2.19. The summed E-state index contributed by atoms with van der Waals surface area (Å²) in [6.07, 6.45) is 9.01. The predicted octanol–water partition coefficient (Wildman–Crippen LogP) is 2.16. The Balaban J connectivity index is 1.53. The third-order valence-corrected chi connectivity index (χ3v) is 3.59. The minimum atomic E-state index is -0.375. The monoisotopic (exact) mass is 252 g/mol. The molecular weight excluding hydrogens is 240 g/mol. The number of ether oxygens (including phenoxy) is 3. The van der Waals surface area contributed by atoms with Crippen LogP contribution < -0.4 is 0 Å². The fourth-order valence-corrected chi connectivity index (χ4v) is 2.59. The van der Waals surface area contributed by atoms with Crippen LogP contribution in [-0.4, -0.2) is 25.8 Å². The molecule has 0 spiro atoms. The van der Waals surface area contributed by atoms with Crippen molar-refractivity contribution in [1.82, 2.24) is 0 Å². The minimum absolute atomic E-state index is 0.284. The maximum absolute atomic E-state index is 5.95. The molecule has 0 saturated carbocycles. The van der Waals surface area contributed by atoms with Gasteiger partial charge in [0.1, 0.15) is 0 Å². The van der Waals surface area contributed by atoms with Crippen molar-refractivity contribution in [3.05, 3.63) is 64.3 Å². The van der Waals surface area contributed by atoms with Gasteiger partial charge in [-0.2, -0.15) is 0 Å². The lowest BCUT2D eigenvalue weighted by Crippen LogP contribution is -2.23. The molecule has 0 aromatic rings. The summed E-state index contributed by atoms with van der Waals surface area (Å²) in [6, 6.07) is 0. The van der Waals surface area contributed by atoms with Crippen molar-refractivity contribution in [1.29, 1.82) is 0 Å². The highest BCUT2D eigenvalue weighted by Crippen LogP contribution is 2.34. The zero-order valence-corrected chi connectivity index (χ0v) is 10.3. The lowest BCUT2D eigenvalue weighted by atomic mass is 9.99. The molecule has 0 bridgehead atoms. The Morgan fingerprint density at radius 3 is 3.16 bits per heavy atom. The van der Waals surface area contributed by atoms with Gasteiger partial charge < -0.3 is 14.2 Å². The maximum Gasteiger partial charge on any atom is 0.188 e. The first kappa shape index (κ1) is 11.0. The second-order valence-electron chi connectivity index (χ2n) is 4.75. The van der Waals surface area contributed by atoms with Crippen LogP contribution in [0.4, 0.5) is 0 Å². The summed E-state index contributed by atoms with van der Waals surface area (Å²) in [5.41, 5.74) is 12.2. The molecule has 19 heavy (non-hydrogen) atoms. The summed E-state index contributed by atoms with van der Waals surface area (Å²) in [6.45, 7) is 1.16. The van der Waals surface area contributed by atoms with Crippen LogP contribution in [0.2, 0.25) is 0 Å². The van der Waals surface area contributed by atoms with Crippen LogP contribution in [0.1, 0.15) is 0 Å². The largest absolute Gasteiger partial charge is 0.348 e. The number of allylic oxidation sites excluding steroid dienone is 3. The van der Waals surface area contributed by atoms with Crippen LogP contribution in [-0.2, 0) is 14.2 Å². The zero-order chi connectivity index (χ0) is 12.7. The highest BCUT2D eigenvalue weighted by molar-refractivity contribution is 5.41. The van der Waals surface area contributed by atoms with Crippen LogP contribution in [0.15, 0.2) is 64.3 Å². The van der Waals surface area contributed by atoms with Gasteiger partial charge in [-0.3, -0.25) is 0 Å². The molecule has 0 N–H and O–H groups in total. The van der Waals surface area contributed by atoms with Crippen molar-refractivity contribution in [2.75, 3.05) is 13.2 Å². The van der Waals surface area contributed by atoms with Crippen molar-refractivity contribution in [2.45, 2.75) is 12.6 Å². The molecule has 3 nitrogen and oxygen atoms in total. The van der Waals surface area contributed by atoms with Crippen molar-refractivity contribution in [3.8, 4) is 0 Å². The Bertz CT molecular complexity index is 645. The van der Waals surface area contributed by atoms with E-state index >= 15 is 0 Å². The number of rotatable bonds is 2. The summed E-state index contributed by atoms with van der Waals surface area (Å²) in [5.74, 6) is 0.284. The topological polar surface area (TPSA) is 27.7 Å². The SMILES string of the molecule is C1=C=C2COC(OC3OCC4C=C=CC=C43)C2=CC=1. The van der Waals surface area contributed by atoms with Crippen molar-refractivity contribution < 1.29 is 14.2 Å². The van der Waals surface area contributed by atoms with Gasteiger partial charge in [-0.05, 0) is 36.0 Å². The van der Waals surface area contributed by atoms with Crippen LogP contribution in [0.3, 0.4) is 0 Å². The molecule has 2 aliphatic carbocycles. The number of hydrogen-bond acceptors (Lipinski definition) is 3. The molecule has 0 radical (unpaired) electrons. The van der Waals surface area contributed by atoms with Crippen molar-refractivity contribution in [3.63, 3.8) is 0 Å². The molecular formula is C16H12O3. The van der Waals surface area contributed by atoms with Gasteiger partial charge in [0.2, 0.25) is 0 Å². The Morgan fingerprint density at radius 1 is 1.16 bits per heavy atom. The molecule has 0 amide bonds. The molecule has 4 aliphatic rings. The van der Waals surface area contributed by atoms with Crippen LogP contribution >= 0.6 is 0 Å². The molecule has 0 aromatic carbocycles. The highest BCUT2D eigenvalue weighted by Gasteiger charge is 2.36. The molecule has 2 aliphatic heterocycles. The van der Waals surface area contributed by atoms with Gasteiger partial charge in [0.15, 0.2) is 12.6 Å². The lowest BCUT2D eigenvalue weighted by molar-refractivity contribution is -0.189.